The predicted molar refractivity (Wildman–Crippen MR) is 100 cm³/mol. The van der Waals surface area contributed by atoms with Gasteiger partial charge in [-0.05, 0) is 6.92 Å². The van der Waals surface area contributed by atoms with Gasteiger partial charge in [0.05, 0.1) is 32.2 Å². The van der Waals surface area contributed by atoms with E-state index in [1.54, 1.807) is 37.3 Å². The first-order chi connectivity index (χ1) is 13.1. The molecule has 27 heavy (non-hydrogen) atoms. The van der Waals surface area contributed by atoms with E-state index in [0.717, 1.165) is 29.0 Å². The van der Waals surface area contributed by atoms with E-state index in [1.807, 2.05) is 23.7 Å². The number of fused-ring (bicyclic) bond motifs is 3. The molecule has 0 unspecified atom stereocenters. The van der Waals surface area contributed by atoms with Crippen LogP contribution in [0.4, 0.5) is 10.5 Å². The lowest BCUT2D eigenvalue weighted by molar-refractivity contribution is 0.205. The Kier molecular flexibility index (Phi) is 4.31. The van der Waals surface area contributed by atoms with Crippen molar-refractivity contribution in [2.24, 2.45) is 0 Å². The van der Waals surface area contributed by atoms with Gasteiger partial charge in [0.1, 0.15) is 11.5 Å². The summed E-state index contributed by atoms with van der Waals surface area (Å²) < 4.78 is 12.4. The van der Waals surface area contributed by atoms with Gasteiger partial charge in [0, 0.05) is 54.7 Å². The van der Waals surface area contributed by atoms with Crippen molar-refractivity contribution in [1.29, 1.82) is 0 Å². The molecule has 3 heterocycles. The zero-order valence-electron chi connectivity index (χ0n) is 15.5. The Morgan fingerprint density at radius 1 is 1.15 bits per heavy atom. The van der Waals surface area contributed by atoms with Crippen LogP contribution < -0.4 is 14.8 Å². The first kappa shape index (κ1) is 17.1. The summed E-state index contributed by atoms with van der Waals surface area (Å²) >= 11 is 0. The van der Waals surface area contributed by atoms with Gasteiger partial charge in [-0.2, -0.15) is 5.10 Å². The van der Waals surface area contributed by atoms with Crippen LogP contribution in [-0.4, -0.2) is 46.3 Å². The number of hydrogen-bond acceptors (Lipinski definition) is 5. The largest absolute Gasteiger partial charge is 0.497 e. The van der Waals surface area contributed by atoms with Crippen LogP contribution in [0, 0.1) is 6.92 Å². The van der Waals surface area contributed by atoms with Crippen LogP contribution in [0.3, 0.4) is 0 Å². The van der Waals surface area contributed by atoms with Crippen molar-refractivity contribution in [1.82, 2.24) is 19.5 Å². The quantitative estimate of drug-likeness (QED) is 0.770. The van der Waals surface area contributed by atoms with E-state index in [-0.39, 0.29) is 6.03 Å². The molecule has 1 aliphatic heterocycles. The molecule has 1 aliphatic rings. The fourth-order valence-electron chi connectivity index (χ4n) is 3.31. The molecule has 0 aliphatic carbocycles. The van der Waals surface area contributed by atoms with Crippen LogP contribution in [0.5, 0.6) is 11.5 Å². The lowest BCUT2D eigenvalue weighted by Gasteiger charge is -2.29. The van der Waals surface area contributed by atoms with Gasteiger partial charge in [-0.15, -0.1) is 0 Å². The Bertz CT molecular complexity index is 992. The number of benzene rings is 1. The number of anilines is 1. The van der Waals surface area contributed by atoms with E-state index in [9.17, 15) is 4.79 Å². The van der Waals surface area contributed by atoms with E-state index < -0.39 is 0 Å². The summed E-state index contributed by atoms with van der Waals surface area (Å²) in [4.78, 5) is 18.9. The molecular weight excluding hydrogens is 346 g/mol. The molecule has 0 saturated carbocycles. The summed E-state index contributed by atoms with van der Waals surface area (Å²) in [6.07, 6.45) is 2.56. The zero-order valence-corrected chi connectivity index (χ0v) is 15.5. The van der Waals surface area contributed by atoms with Crippen LogP contribution in [-0.2, 0) is 13.0 Å². The monoisotopic (exact) mass is 367 g/mol. The molecule has 0 bridgehead atoms. The second-order valence-electron chi connectivity index (χ2n) is 6.49. The standard InChI is InChI=1S/C19H21N5O3/c1-12-6-18-20-10-13-11-23(5-4-17(13)24(18)22-12)19(25)21-14-7-15(26-2)9-16(8-14)27-3/h6-10H,4-5,11H2,1-3H3,(H,21,25). The Balaban J connectivity index is 1.54. The molecule has 140 valence electrons. The van der Waals surface area contributed by atoms with Gasteiger partial charge in [0.15, 0.2) is 5.65 Å². The average Bonchev–Trinajstić information content (AvgIpc) is 3.07. The van der Waals surface area contributed by atoms with Gasteiger partial charge in [-0.25, -0.2) is 14.3 Å². The Morgan fingerprint density at radius 3 is 2.59 bits per heavy atom. The van der Waals surface area contributed by atoms with Crippen molar-refractivity contribution in [3.63, 3.8) is 0 Å². The lowest BCUT2D eigenvalue weighted by Crippen LogP contribution is -2.39. The van der Waals surface area contributed by atoms with Crippen molar-refractivity contribution < 1.29 is 14.3 Å². The highest BCUT2D eigenvalue weighted by molar-refractivity contribution is 5.90. The number of urea groups is 1. The molecule has 0 spiro atoms. The van der Waals surface area contributed by atoms with Gasteiger partial charge in [-0.3, -0.25) is 0 Å². The maximum Gasteiger partial charge on any atom is 0.322 e. The molecule has 0 radical (unpaired) electrons. The third-order valence-electron chi connectivity index (χ3n) is 4.66. The van der Waals surface area contributed by atoms with Crippen LogP contribution in [0.2, 0.25) is 0 Å². The minimum Gasteiger partial charge on any atom is -0.497 e. The molecule has 1 N–H and O–H groups in total. The molecule has 3 aromatic rings. The molecule has 8 nitrogen and oxygen atoms in total. The van der Waals surface area contributed by atoms with Crippen LogP contribution in [0.1, 0.15) is 17.0 Å². The average molecular weight is 367 g/mol. The van der Waals surface area contributed by atoms with Crippen molar-refractivity contribution in [2.75, 3.05) is 26.1 Å². The number of hydrogen-bond donors (Lipinski definition) is 1. The fraction of sp³-hybridized carbons (Fsp3) is 0.316. The summed E-state index contributed by atoms with van der Waals surface area (Å²) in [5, 5.41) is 7.43. The number of carbonyl (C=O) groups is 1. The molecule has 0 saturated heterocycles. The maximum atomic E-state index is 12.7. The highest BCUT2D eigenvalue weighted by atomic mass is 16.5. The first-order valence-corrected chi connectivity index (χ1v) is 8.69. The van der Waals surface area contributed by atoms with Gasteiger partial charge in [-0.1, -0.05) is 0 Å². The third-order valence-corrected chi connectivity index (χ3v) is 4.66. The summed E-state index contributed by atoms with van der Waals surface area (Å²) in [5.74, 6) is 1.24. The minimum absolute atomic E-state index is 0.173. The number of carbonyl (C=O) groups excluding carboxylic acids is 1. The summed E-state index contributed by atoms with van der Waals surface area (Å²) in [6, 6.07) is 7.06. The Hall–Kier alpha value is -3.29. The number of methoxy groups -OCH3 is 2. The second-order valence-corrected chi connectivity index (χ2v) is 6.49. The highest BCUT2D eigenvalue weighted by Gasteiger charge is 2.23. The number of amides is 2. The van der Waals surface area contributed by atoms with E-state index in [0.29, 0.717) is 30.3 Å². The number of nitrogens with one attached hydrogen (secondary N) is 1. The van der Waals surface area contributed by atoms with Gasteiger partial charge >= 0.3 is 6.03 Å². The SMILES string of the molecule is COc1cc(NC(=O)N2CCc3c(cnc4cc(C)nn34)C2)cc(OC)c1. The summed E-state index contributed by atoms with van der Waals surface area (Å²) in [7, 11) is 3.15. The van der Waals surface area contributed by atoms with Crippen molar-refractivity contribution in [3.8, 4) is 11.5 Å². The molecule has 4 rings (SSSR count). The number of rotatable bonds is 3. The van der Waals surface area contributed by atoms with Gasteiger partial charge in [0.2, 0.25) is 0 Å². The number of aromatic nitrogens is 3. The van der Waals surface area contributed by atoms with E-state index >= 15 is 0 Å². The third kappa shape index (κ3) is 3.25. The summed E-state index contributed by atoms with van der Waals surface area (Å²) in [5.41, 5.74) is 4.52. The van der Waals surface area contributed by atoms with Gasteiger partial charge < -0.3 is 19.7 Å². The molecule has 0 atom stereocenters. The molecule has 8 heteroatoms. The predicted octanol–water partition coefficient (Wildman–Crippen LogP) is 2.65. The molecule has 2 amide bonds. The Morgan fingerprint density at radius 2 is 1.89 bits per heavy atom. The molecule has 1 aromatic carbocycles. The molecular formula is C19H21N5O3. The number of ether oxygens (including phenoxy) is 2. The minimum atomic E-state index is -0.173. The molecule has 2 aromatic heterocycles. The summed E-state index contributed by atoms with van der Waals surface area (Å²) in [6.45, 7) is 3.05. The highest BCUT2D eigenvalue weighted by Crippen LogP contribution is 2.27. The number of aryl methyl sites for hydroxylation is 1. The van der Waals surface area contributed by atoms with Crippen molar-refractivity contribution >= 4 is 17.4 Å². The fourth-order valence-corrected chi connectivity index (χ4v) is 3.31. The lowest BCUT2D eigenvalue weighted by atomic mass is 10.1. The Labute approximate surface area is 156 Å². The smallest absolute Gasteiger partial charge is 0.322 e. The van der Waals surface area contributed by atoms with Crippen LogP contribution in [0.25, 0.3) is 5.65 Å². The van der Waals surface area contributed by atoms with Gasteiger partial charge in [0.25, 0.3) is 0 Å². The maximum absolute atomic E-state index is 12.7. The van der Waals surface area contributed by atoms with Crippen LogP contribution in [0.15, 0.2) is 30.5 Å². The topological polar surface area (TPSA) is 81.0 Å². The van der Waals surface area contributed by atoms with Crippen molar-refractivity contribution in [2.45, 2.75) is 19.9 Å². The van der Waals surface area contributed by atoms with E-state index in [1.165, 1.54) is 0 Å². The zero-order chi connectivity index (χ0) is 19.0. The van der Waals surface area contributed by atoms with E-state index in [2.05, 4.69) is 15.4 Å². The number of nitrogens with zero attached hydrogens (tertiary/aromatic N) is 4. The van der Waals surface area contributed by atoms with Crippen molar-refractivity contribution in [3.05, 3.63) is 47.4 Å². The second kappa shape index (κ2) is 6.79. The normalized spacial score (nSPS) is 13.4. The van der Waals surface area contributed by atoms with E-state index in [4.69, 9.17) is 9.47 Å². The first-order valence-electron chi connectivity index (χ1n) is 8.69. The molecule has 0 fully saturated rings. The van der Waals surface area contributed by atoms with Crippen LogP contribution >= 0.6 is 0 Å².